The van der Waals surface area contributed by atoms with Gasteiger partial charge in [0.2, 0.25) is 0 Å². The molecule has 1 N–H and O–H groups in total. The Morgan fingerprint density at radius 1 is 1.21 bits per heavy atom. The van der Waals surface area contributed by atoms with Crippen LogP contribution in [0.5, 0.6) is 0 Å². The number of nitrogens with zero attached hydrogens (tertiary/aromatic N) is 2. The van der Waals surface area contributed by atoms with E-state index in [1.54, 1.807) is 37.9 Å². The molecular formula is C23H26FN3OS. The van der Waals surface area contributed by atoms with Gasteiger partial charge in [-0.15, -0.1) is 0 Å². The number of aliphatic imine (C=N–C) groups is 1. The van der Waals surface area contributed by atoms with Crippen LogP contribution in [0.2, 0.25) is 0 Å². The van der Waals surface area contributed by atoms with Gasteiger partial charge in [-0.05, 0) is 66.1 Å². The minimum atomic E-state index is -1.02. The first kappa shape index (κ1) is 22.6. The maximum Gasteiger partial charge on any atom is 0.152 e. The molecule has 1 heterocycles. The van der Waals surface area contributed by atoms with Gasteiger partial charge in [0, 0.05) is 37.1 Å². The zero-order valence-electron chi connectivity index (χ0n) is 17.1. The second-order valence-corrected chi connectivity index (χ2v) is 7.73. The Balaban J connectivity index is 2.46. The Labute approximate surface area is 175 Å². The van der Waals surface area contributed by atoms with Crippen molar-refractivity contribution in [2.24, 2.45) is 10.9 Å². The van der Waals surface area contributed by atoms with Crippen molar-refractivity contribution in [1.29, 1.82) is 0 Å². The first-order valence-corrected chi connectivity index (χ1v) is 10.8. The molecule has 152 valence electrons. The smallest absolute Gasteiger partial charge is 0.152 e. The standard InChI is InChI=1S/C23H26FN3OS/c1-5-20(24)9-6-17(2)22(23(25-3)19-12-14-26-15-13-19)27-16-18-7-10-21(11-8-18)29(4)28/h5-17,25H,1-4H3/b9-6-,20-5+,23-22-,27-16+. The molecule has 0 saturated carbocycles. The molecule has 0 aliphatic rings. The number of halogens is 1. The minimum Gasteiger partial charge on any atom is -0.612 e. The lowest BCUT2D eigenvalue weighted by atomic mass is 10.0. The van der Waals surface area contributed by atoms with E-state index in [9.17, 15) is 8.94 Å². The number of allylic oxidation sites excluding steroid dienone is 4. The molecule has 0 amide bonds. The number of benzene rings is 1. The highest BCUT2D eigenvalue weighted by atomic mass is 32.2. The van der Waals surface area contributed by atoms with Crippen molar-refractivity contribution in [2.75, 3.05) is 13.3 Å². The van der Waals surface area contributed by atoms with Crippen molar-refractivity contribution < 1.29 is 8.94 Å². The Kier molecular flexibility index (Phi) is 8.83. The van der Waals surface area contributed by atoms with Crippen LogP contribution < -0.4 is 5.32 Å². The van der Waals surface area contributed by atoms with Gasteiger partial charge in [0.15, 0.2) is 4.90 Å². The quantitative estimate of drug-likeness (QED) is 0.382. The monoisotopic (exact) mass is 411 g/mol. The summed E-state index contributed by atoms with van der Waals surface area (Å²) >= 11 is -1.02. The Morgan fingerprint density at radius 2 is 1.86 bits per heavy atom. The summed E-state index contributed by atoms with van der Waals surface area (Å²) < 4.78 is 25.1. The SMILES string of the molecule is C/C=C(F)\C=C/C(C)C(/N=C/c1ccc([S+](C)[O-])cc1)=C(/NC)c1ccncc1. The zero-order valence-corrected chi connectivity index (χ0v) is 17.9. The van der Waals surface area contributed by atoms with Crippen LogP contribution in [0, 0.1) is 5.92 Å². The van der Waals surface area contributed by atoms with Crippen LogP contribution in [0.4, 0.5) is 4.39 Å². The molecule has 29 heavy (non-hydrogen) atoms. The molecule has 2 atom stereocenters. The van der Waals surface area contributed by atoms with Crippen molar-refractivity contribution in [3.8, 4) is 0 Å². The van der Waals surface area contributed by atoms with Crippen molar-refractivity contribution in [3.05, 3.63) is 89.7 Å². The van der Waals surface area contributed by atoms with E-state index >= 15 is 0 Å². The van der Waals surface area contributed by atoms with Crippen molar-refractivity contribution in [2.45, 2.75) is 18.7 Å². The van der Waals surface area contributed by atoms with Crippen LogP contribution in [0.1, 0.15) is 25.0 Å². The molecule has 0 fully saturated rings. The molecule has 2 unspecified atom stereocenters. The largest absolute Gasteiger partial charge is 0.612 e. The van der Waals surface area contributed by atoms with Gasteiger partial charge in [0.1, 0.15) is 12.1 Å². The highest BCUT2D eigenvalue weighted by molar-refractivity contribution is 7.90. The van der Waals surface area contributed by atoms with Gasteiger partial charge in [-0.25, -0.2) is 4.39 Å². The third-order valence-corrected chi connectivity index (χ3v) is 5.23. The minimum absolute atomic E-state index is 0.144. The average Bonchev–Trinajstić information content (AvgIpc) is 2.75. The van der Waals surface area contributed by atoms with Crippen LogP contribution >= 0.6 is 0 Å². The highest BCUT2D eigenvalue weighted by Gasteiger charge is 2.13. The van der Waals surface area contributed by atoms with E-state index in [0.29, 0.717) is 0 Å². The van der Waals surface area contributed by atoms with Gasteiger partial charge in [0.05, 0.1) is 11.4 Å². The molecule has 4 nitrogen and oxygen atoms in total. The van der Waals surface area contributed by atoms with Crippen LogP contribution in [0.15, 0.2) is 88.4 Å². The molecule has 0 spiro atoms. The average molecular weight is 412 g/mol. The fourth-order valence-corrected chi connectivity index (χ4v) is 3.18. The lowest BCUT2D eigenvalue weighted by molar-refractivity contribution is 0.601. The summed E-state index contributed by atoms with van der Waals surface area (Å²) in [6, 6.07) is 11.2. The van der Waals surface area contributed by atoms with Gasteiger partial charge < -0.3 is 9.87 Å². The number of hydrogen-bond acceptors (Lipinski definition) is 4. The normalized spacial score (nSPS) is 15.4. The first-order valence-electron chi connectivity index (χ1n) is 9.26. The first-order chi connectivity index (χ1) is 14.0. The fraction of sp³-hybridized carbons (Fsp3) is 0.217. The van der Waals surface area contributed by atoms with Crippen LogP contribution in [-0.2, 0) is 11.2 Å². The van der Waals surface area contributed by atoms with Gasteiger partial charge in [0.25, 0.3) is 0 Å². The molecule has 0 saturated heterocycles. The maximum atomic E-state index is 13.6. The molecule has 0 radical (unpaired) electrons. The van der Waals surface area contributed by atoms with E-state index in [2.05, 4.69) is 10.3 Å². The Hall–Kier alpha value is -2.70. The van der Waals surface area contributed by atoms with Crippen molar-refractivity contribution in [3.63, 3.8) is 0 Å². The summed E-state index contributed by atoms with van der Waals surface area (Å²) in [5.74, 6) is -0.437. The summed E-state index contributed by atoms with van der Waals surface area (Å²) in [4.78, 5) is 9.56. The molecular weight excluding hydrogens is 385 g/mol. The molecule has 0 aliphatic carbocycles. The predicted molar refractivity (Wildman–Crippen MR) is 120 cm³/mol. The number of nitrogens with one attached hydrogen (secondary N) is 1. The second kappa shape index (κ2) is 11.3. The second-order valence-electron chi connectivity index (χ2n) is 6.35. The van der Waals surface area contributed by atoms with E-state index in [4.69, 9.17) is 4.99 Å². The number of pyridine rings is 1. The molecule has 2 aromatic rings. The summed E-state index contributed by atoms with van der Waals surface area (Å²) in [5.41, 5.74) is 3.44. The van der Waals surface area contributed by atoms with Gasteiger partial charge in [-0.3, -0.25) is 9.98 Å². The topological polar surface area (TPSA) is 60.3 Å². The molecule has 1 aromatic heterocycles. The van der Waals surface area contributed by atoms with Crippen LogP contribution in [0.3, 0.4) is 0 Å². The number of aromatic nitrogens is 1. The van der Waals surface area contributed by atoms with E-state index < -0.39 is 11.2 Å². The number of hydrogen-bond donors (Lipinski definition) is 1. The number of rotatable bonds is 8. The lowest BCUT2D eigenvalue weighted by Crippen LogP contribution is -2.11. The van der Waals surface area contributed by atoms with E-state index in [-0.39, 0.29) is 11.7 Å². The third-order valence-electron chi connectivity index (χ3n) is 4.29. The summed E-state index contributed by atoms with van der Waals surface area (Å²) in [6.45, 7) is 3.62. The lowest BCUT2D eigenvalue weighted by Gasteiger charge is -2.16. The van der Waals surface area contributed by atoms with Gasteiger partial charge in [-0.2, -0.15) is 0 Å². The molecule has 0 aliphatic heterocycles. The van der Waals surface area contributed by atoms with Gasteiger partial charge in [-0.1, -0.05) is 19.1 Å². The van der Waals surface area contributed by atoms with E-state index in [0.717, 1.165) is 27.4 Å². The highest BCUT2D eigenvalue weighted by Crippen LogP contribution is 2.24. The Bertz CT molecular complexity index is 903. The molecule has 1 aromatic carbocycles. The Morgan fingerprint density at radius 3 is 2.41 bits per heavy atom. The third kappa shape index (κ3) is 6.69. The maximum absolute atomic E-state index is 13.6. The van der Waals surface area contributed by atoms with E-state index in [1.165, 1.54) is 12.2 Å². The summed E-state index contributed by atoms with van der Waals surface area (Å²) in [6.07, 6.45) is 11.5. The van der Waals surface area contributed by atoms with Crippen LogP contribution in [-0.4, -0.2) is 29.1 Å². The molecule has 6 heteroatoms. The van der Waals surface area contributed by atoms with Crippen molar-refractivity contribution in [1.82, 2.24) is 10.3 Å². The predicted octanol–water partition coefficient (Wildman–Crippen LogP) is 4.89. The van der Waals surface area contributed by atoms with E-state index in [1.807, 2.05) is 50.4 Å². The zero-order chi connectivity index (χ0) is 21.2. The van der Waals surface area contributed by atoms with Gasteiger partial charge >= 0.3 is 0 Å². The molecule has 0 bridgehead atoms. The van der Waals surface area contributed by atoms with Crippen LogP contribution in [0.25, 0.3) is 5.70 Å². The summed E-state index contributed by atoms with van der Waals surface area (Å²) in [5, 5.41) is 3.22. The fourth-order valence-electron chi connectivity index (χ4n) is 2.66. The summed E-state index contributed by atoms with van der Waals surface area (Å²) in [7, 11) is 1.83. The van der Waals surface area contributed by atoms with Crippen molar-refractivity contribution >= 4 is 23.1 Å². The molecule has 2 rings (SSSR count).